The van der Waals surface area contributed by atoms with Gasteiger partial charge in [0.1, 0.15) is 5.75 Å². The summed E-state index contributed by atoms with van der Waals surface area (Å²) < 4.78 is 5.29. The first-order valence-electron chi connectivity index (χ1n) is 10.4. The number of nitrogens with one attached hydrogen (secondary N) is 1. The molecule has 31 heavy (non-hydrogen) atoms. The molecule has 3 rings (SSSR count). The lowest BCUT2D eigenvalue weighted by Gasteiger charge is -2.36. The van der Waals surface area contributed by atoms with Crippen LogP contribution in [-0.4, -0.2) is 68.0 Å². The summed E-state index contributed by atoms with van der Waals surface area (Å²) in [6.45, 7) is 5.70. The van der Waals surface area contributed by atoms with Gasteiger partial charge in [0.05, 0.1) is 0 Å². The second-order valence-corrected chi connectivity index (χ2v) is 7.37. The maximum absolute atomic E-state index is 10.8. The first-order valence-corrected chi connectivity index (χ1v) is 10.4. The minimum absolute atomic E-state index is 0. The van der Waals surface area contributed by atoms with Gasteiger partial charge in [0.25, 0.3) is 5.91 Å². The number of ether oxygens (including phenoxy) is 1. The fourth-order valence-corrected chi connectivity index (χ4v) is 3.52. The molecule has 168 valence electrons. The van der Waals surface area contributed by atoms with Gasteiger partial charge in [0.15, 0.2) is 12.6 Å². The second-order valence-electron chi connectivity index (χ2n) is 7.37. The van der Waals surface area contributed by atoms with Crippen molar-refractivity contribution >= 4 is 35.8 Å². The van der Waals surface area contributed by atoms with E-state index in [1.807, 2.05) is 31.3 Å². The Balaban J connectivity index is 0.00000341. The van der Waals surface area contributed by atoms with Crippen LogP contribution in [0.3, 0.4) is 0 Å². The van der Waals surface area contributed by atoms with Gasteiger partial charge >= 0.3 is 0 Å². The van der Waals surface area contributed by atoms with Crippen molar-refractivity contribution in [2.45, 2.75) is 13.0 Å². The van der Waals surface area contributed by atoms with Crippen molar-refractivity contribution in [3.63, 3.8) is 0 Å². The van der Waals surface area contributed by atoms with E-state index in [-0.39, 0.29) is 30.6 Å². The molecule has 0 unspecified atom stereocenters. The minimum Gasteiger partial charge on any atom is -0.484 e. The summed E-state index contributed by atoms with van der Waals surface area (Å²) in [5, 5.41) is 3.47. The molecule has 3 N–H and O–H groups in total. The maximum Gasteiger partial charge on any atom is 0.255 e. The molecule has 0 spiro atoms. The van der Waals surface area contributed by atoms with Crippen LogP contribution in [0.15, 0.2) is 59.6 Å². The van der Waals surface area contributed by atoms with E-state index in [2.05, 4.69) is 50.4 Å². The number of carbonyl (C=O) groups excluding carboxylic acids is 1. The van der Waals surface area contributed by atoms with E-state index in [0.29, 0.717) is 5.75 Å². The number of benzene rings is 2. The largest absolute Gasteiger partial charge is 0.484 e. The fraction of sp³-hybridized carbons (Fsp3) is 0.391. The molecule has 7 nitrogen and oxygen atoms in total. The molecule has 0 saturated carbocycles. The number of aliphatic imine (C=N–C) groups is 1. The van der Waals surface area contributed by atoms with Gasteiger partial charge in [0, 0.05) is 46.3 Å². The Kier molecular flexibility index (Phi) is 10.6. The number of nitrogens with two attached hydrogens (primary N) is 1. The van der Waals surface area contributed by atoms with Gasteiger partial charge in [-0.05, 0) is 29.7 Å². The summed E-state index contributed by atoms with van der Waals surface area (Å²) >= 11 is 0. The van der Waals surface area contributed by atoms with E-state index in [0.717, 1.165) is 51.6 Å². The van der Waals surface area contributed by atoms with Crippen LogP contribution in [0.2, 0.25) is 0 Å². The summed E-state index contributed by atoms with van der Waals surface area (Å²) in [6.07, 6.45) is 0.878. The van der Waals surface area contributed by atoms with E-state index < -0.39 is 5.91 Å². The number of piperazine rings is 1. The van der Waals surface area contributed by atoms with Crippen LogP contribution in [-0.2, 0) is 17.8 Å². The average Bonchev–Trinajstić information content (AvgIpc) is 2.77. The van der Waals surface area contributed by atoms with Crippen LogP contribution in [0.25, 0.3) is 0 Å². The molecule has 0 aromatic heterocycles. The fourth-order valence-electron chi connectivity index (χ4n) is 3.52. The van der Waals surface area contributed by atoms with Crippen LogP contribution in [0.5, 0.6) is 5.75 Å². The first kappa shape index (κ1) is 24.9. The zero-order chi connectivity index (χ0) is 21.2. The molecule has 1 aliphatic heterocycles. The summed E-state index contributed by atoms with van der Waals surface area (Å²) in [4.78, 5) is 20.0. The molecule has 0 bridgehead atoms. The van der Waals surface area contributed by atoms with Crippen molar-refractivity contribution in [1.82, 2.24) is 15.1 Å². The molecule has 0 radical (unpaired) electrons. The van der Waals surface area contributed by atoms with E-state index in [1.54, 1.807) is 0 Å². The quantitative estimate of drug-likeness (QED) is 0.306. The number of nitrogens with zero attached hydrogens (tertiary/aromatic N) is 3. The third-order valence-corrected chi connectivity index (χ3v) is 5.13. The standard InChI is InChI=1S/C23H31N5O2.HI/c1-25-23(26-12-11-19-7-9-21(10-8-19)30-18-22(24)29)28-15-13-27(14-16-28)17-20-5-3-2-4-6-20;/h2-10H,11-18H2,1H3,(H2,24,29)(H,25,26);1H. The number of primary amides is 1. The smallest absolute Gasteiger partial charge is 0.255 e. The molecule has 1 heterocycles. The van der Waals surface area contributed by atoms with Crippen LogP contribution < -0.4 is 15.8 Å². The molecular weight excluding hydrogens is 505 g/mol. The predicted octanol–water partition coefficient (Wildman–Crippen LogP) is 2.10. The lowest BCUT2D eigenvalue weighted by Crippen LogP contribution is -2.52. The Morgan fingerprint density at radius 2 is 1.71 bits per heavy atom. The molecule has 2 aromatic rings. The monoisotopic (exact) mass is 537 g/mol. The molecule has 1 amide bonds. The normalized spacial score (nSPS) is 14.6. The number of guanidine groups is 1. The van der Waals surface area contributed by atoms with E-state index in [9.17, 15) is 4.79 Å². The lowest BCUT2D eigenvalue weighted by atomic mass is 10.1. The Morgan fingerprint density at radius 3 is 2.32 bits per heavy atom. The zero-order valence-corrected chi connectivity index (χ0v) is 20.3. The van der Waals surface area contributed by atoms with Crippen LogP contribution >= 0.6 is 24.0 Å². The molecule has 8 heteroatoms. The summed E-state index contributed by atoms with van der Waals surface area (Å²) in [5.41, 5.74) is 7.64. The third kappa shape index (κ3) is 8.37. The van der Waals surface area contributed by atoms with E-state index in [4.69, 9.17) is 10.5 Å². The van der Waals surface area contributed by atoms with Crippen molar-refractivity contribution in [3.8, 4) is 5.75 Å². The summed E-state index contributed by atoms with van der Waals surface area (Å²) in [7, 11) is 1.84. The molecular formula is C23H32IN5O2. The van der Waals surface area contributed by atoms with Gasteiger partial charge in [-0.15, -0.1) is 24.0 Å². The Bertz CT molecular complexity index is 822. The van der Waals surface area contributed by atoms with Gasteiger partial charge in [-0.25, -0.2) is 0 Å². The molecule has 0 atom stereocenters. The number of rotatable bonds is 8. The highest BCUT2D eigenvalue weighted by atomic mass is 127. The van der Waals surface area contributed by atoms with Crippen molar-refractivity contribution in [3.05, 3.63) is 65.7 Å². The third-order valence-electron chi connectivity index (χ3n) is 5.13. The van der Waals surface area contributed by atoms with Gasteiger partial charge in [0.2, 0.25) is 0 Å². The Labute approximate surface area is 201 Å². The van der Waals surface area contributed by atoms with Crippen molar-refractivity contribution in [1.29, 1.82) is 0 Å². The van der Waals surface area contributed by atoms with Gasteiger partial charge < -0.3 is 20.7 Å². The topological polar surface area (TPSA) is 83.2 Å². The molecule has 1 fully saturated rings. The lowest BCUT2D eigenvalue weighted by molar-refractivity contribution is -0.119. The van der Waals surface area contributed by atoms with Crippen LogP contribution in [0.1, 0.15) is 11.1 Å². The highest BCUT2D eigenvalue weighted by Crippen LogP contribution is 2.12. The zero-order valence-electron chi connectivity index (χ0n) is 18.0. The number of halogens is 1. The van der Waals surface area contributed by atoms with Crippen LogP contribution in [0.4, 0.5) is 0 Å². The number of hydrogen-bond donors (Lipinski definition) is 2. The molecule has 2 aromatic carbocycles. The highest BCUT2D eigenvalue weighted by Gasteiger charge is 2.19. The van der Waals surface area contributed by atoms with Crippen molar-refractivity contribution < 1.29 is 9.53 Å². The predicted molar refractivity (Wildman–Crippen MR) is 135 cm³/mol. The SMILES string of the molecule is CN=C(NCCc1ccc(OCC(N)=O)cc1)N1CCN(Cc2ccccc2)CC1.I. The Morgan fingerprint density at radius 1 is 1.03 bits per heavy atom. The van der Waals surface area contributed by atoms with E-state index >= 15 is 0 Å². The van der Waals surface area contributed by atoms with Crippen LogP contribution in [0, 0.1) is 0 Å². The van der Waals surface area contributed by atoms with Gasteiger partial charge in [-0.3, -0.25) is 14.7 Å². The molecule has 1 aliphatic rings. The highest BCUT2D eigenvalue weighted by molar-refractivity contribution is 14.0. The van der Waals surface area contributed by atoms with Gasteiger partial charge in [-0.1, -0.05) is 42.5 Å². The number of carbonyl (C=O) groups is 1. The van der Waals surface area contributed by atoms with Gasteiger partial charge in [-0.2, -0.15) is 0 Å². The first-order chi connectivity index (χ1) is 14.6. The average molecular weight is 537 g/mol. The minimum atomic E-state index is -0.476. The Hall–Kier alpha value is -2.33. The van der Waals surface area contributed by atoms with E-state index in [1.165, 1.54) is 11.1 Å². The number of amides is 1. The molecule has 0 aliphatic carbocycles. The summed E-state index contributed by atoms with van der Waals surface area (Å²) in [5.74, 6) is 1.13. The summed E-state index contributed by atoms with van der Waals surface area (Å²) in [6, 6.07) is 18.3. The number of hydrogen-bond acceptors (Lipinski definition) is 4. The van der Waals surface area contributed by atoms with Crippen molar-refractivity contribution in [2.75, 3.05) is 46.4 Å². The molecule has 1 saturated heterocycles. The second kappa shape index (κ2) is 13.2. The maximum atomic E-state index is 10.8. The van der Waals surface area contributed by atoms with Crippen molar-refractivity contribution in [2.24, 2.45) is 10.7 Å².